The van der Waals surface area contributed by atoms with E-state index in [9.17, 15) is 4.79 Å². The average Bonchev–Trinajstić information content (AvgIpc) is 3.19. The first-order valence-electron chi connectivity index (χ1n) is 11.0. The van der Waals surface area contributed by atoms with Crippen molar-refractivity contribution in [1.29, 1.82) is 0 Å². The summed E-state index contributed by atoms with van der Waals surface area (Å²) in [5.41, 5.74) is 1.49. The number of carbonyl (C=O) groups is 1. The van der Waals surface area contributed by atoms with Crippen LogP contribution in [0.15, 0.2) is 17.6 Å². The van der Waals surface area contributed by atoms with Crippen molar-refractivity contribution in [2.75, 3.05) is 45.8 Å². The lowest BCUT2D eigenvalue weighted by atomic mass is 9.79. The molecule has 2 bridgehead atoms. The summed E-state index contributed by atoms with van der Waals surface area (Å²) in [4.78, 5) is 22.3. The molecule has 6 rings (SSSR count). The molecule has 2 unspecified atom stereocenters. The van der Waals surface area contributed by atoms with Gasteiger partial charge in [0.15, 0.2) is 0 Å². The molecule has 6 nitrogen and oxygen atoms in total. The molecule has 7 heteroatoms. The predicted molar refractivity (Wildman–Crippen MR) is 121 cm³/mol. The average molecular weight is 424 g/mol. The van der Waals surface area contributed by atoms with Crippen molar-refractivity contribution in [3.63, 3.8) is 0 Å². The molecule has 0 aliphatic carbocycles. The third kappa shape index (κ3) is 3.97. The molecule has 4 aliphatic rings. The molecule has 4 saturated heterocycles. The highest BCUT2D eigenvalue weighted by Crippen LogP contribution is 2.32. The molecule has 0 radical (unpaired) electrons. The second-order valence-corrected chi connectivity index (χ2v) is 9.57. The van der Waals surface area contributed by atoms with Crippen LogP contribution in [0.25, 0.3) is 10.1 Å². The summed E-state index contributed by atoms with van der Waals surface area (Å²) in [5.74, 6) is 7.17. The van der Waals surface area contributed by atoms with Crippen LogP contribution in [0.2, 0.25) is 0 Å². The Labute approximate surface area is 182 Å². The van der Waals surface area contributed by atoms with Crippen LogP contribution in [0, 0.1) is 17.8 Å². The van der Waals surface area contributed by atoms with Gasteiger partial charge in [-0.2, -0.15) is 0 Å². The molecule has 158 valence electrons. The molecule has 4 fully saturated rings. The number of pyridine rings is 1. The molecule has 0 aromatic carbocycles. The van der Waals surface area contributed by atoms with Gasteiger partial charge in [-0.05, 0) is 44.8 Å². The fourth-order valence-electron chi connectivity index (χ4n) is 5.04. The molecule has 6 heterocycles. The van der Waals surface area contributed by atoms with Crippen molar-refractivity contribution in [3.8, 4) is 11.8 Å². The second-order valence-electron chi connectivity index (χ2n) is 8.66. The Bertz CT molecular complexity index is 976. The lowest BCUT2D eigenvalue weighted by Gasteiger charge is -2.49. The van der Waals surface area contributed by atoms with Gasteiger partial charge in [-0.1, -0.05) is 11.8 Å². The fourth-order valence-corrected chi connectivity index (χ4v) is 5.88. The number of rotatable bonds is 3. The summed E-state index contributed by atoms with van der Waals surface area (Å²) >= 11 is 1.64. The summed E-state index contributed by atoms with van der Waals surface area (Å²) in [5, 5.41) is 9.77. The SMILES string of the molecule is CC1C(NC(=O)c2cc3c(C#CCN4CCNCC4)csc3cn2)C2CCN1CC2. The molecule has 2 aromatic rings. The molecule has 2 atom stereocenters. The van der Waals surface area contributed by atoms with E-state index in [1.54, 1.807) is 11.3 Å². The van der Waals surface area contributed by atoms with Gasteiger partial charge in [-0.3, -0.25) is 14.6 Å². The van der Waals surface area contributed by atoms with E-state index in [4.69, 9.17) is 0 Å². The number of hydrogen-bond donors (Lipinski definition) is 2. The molecule has 30 heavy (non-hydrogen) atoms. The Morgan fingerprint density at radius 2 is 2.10 bits per heavy atom. The highest BCUT2D eigenvalue weighted by molar-refractivity contribution is 7.17. The first kappa shape index (κ1) is 20.0. The summed E-state index contributed by atoms with van der Waals surface area (Å²) in [6, 6.07) is 2.54. The third-order valence-electron chi connectivity index (χ3n) is 6.90. The Morgan fingerprint density at radius 3 is 2.87 bits per heavy atom. The van der Waals surface area contributed by atoms with Gasteiger partial charge in [-0.15, -0.1) is 11.3 Å². The minimum absolute atomic E-state index is 0.0616. The van der Waals surface area contributed by atoms with Crippen LogP contribution in [0.1, 0.15) is 35.8 Å². The monoisotopic (exact) mass is 423 g/mol. The first-order valence-corrected chi connectivity index (χ1v) is 11.9. The van der Waals surface area contributed by atoms with Crippen LogP contribution in [-0.4, -0.2) is 78.6 Å². The van der Waals surface area contributed by atoms with Crippen molar-refractivity contribution < 1.29 is 4.79 Å². The summed E-state index contributed by atoms with van der Waals surface area (Å²) in [6.07, 6.45) is 4.18. The maximum atomic E-state index is 13.0. The number of piperazine rings is 1. The highest BCUT2D eigenvalue weighted by Gasteiger charge is 2.40. The smallest absolute Gasteiger partial charge is 0.270 e. The van der Waals surface area contributed by atoms with Crippen LogP contribution < -0.4 is 10.6 Å². The Kier molecular flexibility index (Phi) is 5.74. The number of thiophene rings is 1. The van der Waals surface area contributed by atoms with Crippen molar-refractivity contribution >= 4 is 27.3 Å². The van der Waals surface area contributed by atoms with E-state index in [1.165, 1.54) is 12.8 Å². The lowest BCUT2D eigenvalue weighted by Crippen LogP contribution is -2.62. The van der Waals surface area contributed by atoms with Crippen LogP contribution >= 0.6 is 11.3 Å². The Morgan fingerprint density at radius 1 is 1.30 bits per heavy atom. The summed E-state index contributed by atoms with van der Waals surface area (Å²) in [7, 11) is 0. The molecule has 2 N–H and O–H groups in total. The largest absolute Gasteiger partial charge is 0.346 e. The van der Waals surface area contributed by atoms with E-state index in [2.05, 4.69) is 49.6 Å². The second kappa shape index (κ2) is 8.64. The van der Waals surface area contributed by atoms with Gasteiger partial charge in [0.05, 0.1) is 11.2 Å². The number of amides is 1. The van der Waals surface area contributed by atoms with E-state index in [0.717, 1.165) is 61.5 Å². The predicted octanol–water partition coefficient (Wildman–Crippen LogP) is 1.77. The highest BCUT2D eigenvalue weighted by atomic mass is 32.1. The van der Waals surface area contributed by atoms with Crippen molar-refractivity contribution in [1.82, 2.24) is 25.4 Å². The van der Waals surface area contributed by atoms with Crippen LogP contribution in [-0.2, 0) is 0 Å². The van der Waals surface area contributed by atoms with Gasteiger partial charge in [0.2, 0.25) is 0 Å². The van der Waals surface area contributed by atoms with E-state index >= 15 is 0 Å². The van der Waals surface area contributed by atoms with Gasteiger partial charge >= 0.3 is 0 Å². The number of piperidine rings is 3. The number of nitrogens with zero attached hydrogens (tertiary/aromatic N) is 3. The van der Waals surface area contributed by atoms with Crippen LogP contribution in [0.4, 0.5) is 0 Å². The zero-order valence-corrected chi connectivity index (χ0v) is 18.3. The first-order chi connectivity index (χ1) is 14.7. The van der Waals surface area contributed by atoms with E-state index < -0.39 is 0 Å². The quantitative estimate of drug-likeness (QED) is 0.737. The molecular formula is C23H29N5OS. The Hall–Kier alpha value is -1.98. The molecule has 2 aromatic heterocycles. The summed E-state index contributed by atoms with van der Waals surface area (Å²) in [6.45, 7) is 9.50. The fraction of sp³-hybridized carbons (Fsp3) is 0.565. The van der Waals surface area contributed by atoms with E-state index in [0.29, 0.717) is 17.7 Å². The van der Waals surface area contributed by atoms with Crippen LogP contribution in [0.5, 0.6) is 0 Å². The standard InChI is InChI=1S/C23H29N5OS/c1-16-22(17-4-9-28(16)10-5-17)26-23(29)20-13-19-18(15-30-21(19)14-25-20)3-2-8-27-11-6-24-7-12-27/h13-17,22,24H,4-12H2,1H3,(H,26,29). The zero-order valence-electron chi connectivity index (χ0n) is 17.5. The minimum atomic E-state index is -0.0616. The van der Waals surface area contributed by atoms with Gasteiger partial charge in [0.25, 0.3) is 5.91 Å². The maximum Gasteiger partial charge on any atom is 0.270 e. The molecule has 1 amide bonds. The molecule has 0 spiro atoms. The van der Waals surface area contributed by atoms with Gasteiger partial charge in [0, 0.05) is 60.8 Å². The summed E-state index contributed by atoms with van der Waals surface area (Å²) < 4.78 is 1.08. The molecule has 4 aliphatic heterocycles. The zero-order chi connectivity index (χ0) is 20.5. The normalized spacial score (nSPS) is 28.8. The number of nitrogens with one attached hydrogen (secondary N) is 2. The number of aromatic nitrogens is 1. The lowest BCUT2D eigenvalue weighted by molar-refractivity contribution is 0.0216. The van der Waals surface area contributed by atoms with Gasteiger partial charge in [-0.25, -0.2) is 4.98 Å². The topological polar surface area (TPSA) is 60.5 Å². The van der Waals surface area contributed by atoms with E-state index in [-0.39, 0.29) is 11.9 Å². The van der Waals surface area contributed by atoms with Crippen molar-refractivity contribution in [2.24, 2.45) is 5.92 Å². The minimum Gasteiger partial charge on any atom is -0.346 e. The van der Waals surface area contributed by atoms with Gasteiger partial charge < -0.3 is 10.6 Å². The maximum absolute atomic E-state index is 13.0. The number of carbonyl (C=O) groups excluding carboxylic acids is 1. The number of hydrogen-bond acceptors (Lipinski definition) is 6. The Balaban J connectivity index is 1.31. The third-order valence-corrected chi connectivity index (χ3v) is 7.84. The van der Waals surface area contributed by atoms with E-state index in [1.807, 2.05) is 12.3 Å². The van der Waals surface area contributed by atoms with Crippen molar-refractivity contribution in [2.45, 2.75) is 31.8 Å². The van der Waals surface area contributed by atoms with Crippen LogP contribution in [0.3, 0.4) is 0 Å². The van der Waals surface area contributed by atoms with Gasteiger partial charge in [0.1, 0.15) is 5.69 Å². The van der Waals surface area contributed by atoms with Crippen molar-refractivity contribution in [3.05, 3.63) is 28.9 Å². The number of fused-ring (bicyclic) bond motifs is 4. The molecular weight excluding hydrogens is 394 g/mol. The molecule has 0 saturated carbocycles.